The van der Waals surface area contributed by atoms with Gasteiger partial charge in [-0.25, -0.2) is 0 Å². The molecule has 0 radical (unpaired) electrons. The Morgan fingerprint density at radius 1 is 1.12 bits per heavy atom. The summed E-state index contributed by atoms with van der Waals surface area (Å²) in [5, 5.41) is 0. The van der Waals surface area contributed by atoms with E-state index in [0.29, 0.717) is 0 Å². The Kier molecular flexibility index (Phi) is 4.62. The van der Waals surface area contributed by atoms with Gasteiger partial charge in [-0.3, -0.25) is 4.90 Å². The molecule has 2 rings (SSSR count). The second-order valence-corrected chi connectivity index (χ2v) is 5.38. The Morgan fingerprint density at radius 3 is 2.56 bits per heavy atom. The van der Waals surface area contributed by atoms with Crippen LogP contribution in [-0.4, -0.2) is 62.8 Å². The van der Waals surface area contributed by atoms with Crippen molar-refractivity contribution in [3.05, 3.63) is 0 Å². The number of likely N-dealkylation sites (tertiary alicyclic amines) is 2. The Bertz CT molecular complexity index is 202. The van der Waals surface area contributed by atoms with Gasteiger partial charge in [0, 0.05) is 19.7 Å². The number of methoxy groups -OCH3 is 1. The molecule has 0 saturated carbocycles. The van der Waals surface area contributed by atoms with Crippen LogP contribution in [-0.2, 0) is 4.74 Å². The molecule has 0 N–H and O–H groups in total. The van der Waals surface area contributed by atoms with E-state index in [-0.39, 0.29) is 0 Å². The number of piperidine rings is 1. The summed E-state index contributed by atoms with van der Waals surface area (Å²) in [6.45, 7) is 5.90. The van der Waals surface area contributed by atoms with Crippen LogP contribution in [0.1, 0.15) is 25.7 Å². The van der Waals surface area contributed by atoms with Crippen LogP contribution in [0.5, 0.6) is 0 Å². The van der Waals surface area contributed by atoms with Crippen molar-refractivity contribution >= 4 is 0 Å². The molecule has 2 fully saturated rings. The van der Waals surface area contributed by atoms with Crippen molar-refractivity contribution in [2.75, 3.05) is 46.9 Å². The summed E-state index contributed by atoms with van der Waals surface area (Å²) in [7, 11) is 4.05. The molecule has 2 saturated heterocycles. The van der Waals surface area contributed by atoms with Crippen LogP contribution in [0.4, 0.5) is 0 Å². The SMILES string of the molecule is COCCN1CCC[C@H]1C1CCN(C)CC1. The van der Waals surface area contributed by atoms with Crippen molar-refractivity contribution in [1.82, 2.24) is 9.80 Å². The molecular weight excluding hydrogens is 200 g/mol. The Labute approximate surface area is 99.7 Å². The lowest BCUT2D eigenvalue weighted by atomic mass is 9.88. The Hall–Kier alpha value is -0.120. The topological polar surface area (TPSA) is 15.7 Å². The van der Waals surface area contributed by atoms with Crippen molar-refractivity contribution in [3.8, 4) is 0 Å². The first-order chi connectivity index (χ1) is 7.81. The van der Waals surface area contributed by atoms with E-state index in [1.807, 2.05) is 0 Å². The zero-order valence-electron chi connectivity index (χ0n) is 10.8. The molecule has 0 aromatic heterocycles. The van der Waals surface area contributed by atoms with Gasteiger partial charge in [0.1, 0.15) is 0 Å². The molecule has 94 valence electrons. The molecule has 2 aliphatic rings. The summed E-state index contributed by atoms with van der Waals surface area (Å²) >= 11 is 0. The van der Waals surface area contributed by atoms with E-state index in [2.05, 4.69) is 16.8 Å². The highest BCUT2D eigenvalue weighted by Gasteiger charge is 2.32. The second kappa shape index (κ2) is 5.99. The van der Waals surface area contributed by atoms with Crippen molar-refractivity contribution in [3.63, 3.8) is 0 Å². The summed E-state index contributed by atoms with van der Waals surface area (Å²) in [6, 6.07) is 0.851. The van der Waals surface area contributed by atoms with Crippen molar-refractivity contribution in [2.45, 2.75) is 31.7 Å². The molecule has 0 unspecified atom stereocenters. The van der Waals surface area contributed by atoms with Gasteiger partial charge in [0.2, 0.25) is 0 Å². The first kappa shape index (κ1) is 12.3. The predicted molar refractivity (Wildman–Crippen MR) is 66.7 cm³/mol. The second-order valence-electron chi connectivity index (χ2n) is 5.38. The summed E-state index contributed by atoms with van der Waals surface area (Å²) in [6.07, 6.45) is 5.59. The minimum atomic E-state index is 0.851. The van der Waals surface area contributed by atoms with Crippen LogP contribution in [0.25, 0.3) is 0 Å². The highest BCUT2D eigenvalue weighted by atomic mass is 16.5. The highest BCUT2D eigenvalue weighted by Crippen LogP contribution is 2.30. The van der Waals surface area contributed by atoms with E-state index in [1.165, 1.54) is 45.3 Å². The standard InChI is InChI=1S/C13H26N2O/c1-14-8-5-12(6-9-14)13-4-3-7-15(13)10-11-16-2/h12-13H,3-11H2,1-2H3/t13-/m0/s1. The van der Waals surface area contributed by atoms with Gasteiger partial charge in [-0.1, -0.05) is 0 Å². The van der Waals surface area contributed by atoms with E-state index in [0.717, 1.165) is 25.1 Å². The molecule has 3 heteroatoms. The average molecular weight is 226 g/mol. The van der Waals surface area contributed by atoms with Crippen LogP contribution in [0, 0.1) is 5.92 Å². The zero-order valence-corrected chi connectivity index (χ0v) is 10.8. The maximum Gasteiger partial charge on any atom is 0.0589 e. The van der Waals surface area contributed by atoms with Gasteiger partial charge in [-0.05, 0) is 58.3 Å². The molecule has 2 aliphatic heterocycles. The lowest BCUT2D eigenvalue weighted by molar-refractivity contribution is 0.0947. The third-order valence-corrected chi connectivity index (χ3v) is 4.30. The normalized spacial score (nSPS) is 30.0. The third kappa shape index (κ3) is 2.96. The molecule has 16 heavy (non-hydrogen) atoms. The lowest BCUT2D eigenvalue weighted by Gasteiger charge is -2.36. The number of hydrogen-bond acceptors (Lipinski definition) is 3. The van der Waals surface area contributed by atoms with Gasteiger partial charge in [0.25, 0.3) is 0 Å². The molecule has 0 amide bonds. The van der Waals surface area contributed by atoms with Gasteiger partial charge in [-0.15, -0.1) is 0 Å². The molecule has 0 aromatic carbocycles. The molecule has 0 bridgehead atoms. The molecule has 0 spiro atoms. The van der Waals surface area contributed by atoms with E-state index >= 15 is 0 Å². The van der Waals surface area contributed by atoms with Crippen molar-refractivity contribution < 1.29 is 4.74 Å². The molecule has 2 heterocycles. The third-order valence-electron chi connectivity index (χ3n) is 4.30. The van der Waals surface area contributed by atoms with E-state index in [4.69, 9.17) is 4.74 Å². The molecule has 3 nitrogen and oxygen atoms in total. The van der Waals surface area contributed by atoms with Gasteiger partial charge in [0.15, 0.2) is 0 Å². The molecule has 0 aromatic rings. The number of rotatable bonds is 4. The van der Waals surface area contributed by atoms with Crippen LogP contribution in [0.3, 0.4) is 0 Å². The largest absolute Gasteiger partial charge is 0.383 e. The lowest BCUT2D eigenvalue weighted by Crippen LogP contribution is -2.42. The van der Waals surface area contributed by atoms with Gasteiger partial charge >= 0.3 is 0 Å². The fraction of sp³-hybridized carbons (Fsp3) is 1.00. The smallest absolute Gasteiger partial charge is 0.0589 e. The fourth-order valence-electron chi connectivity index (χ4n) is 3.29. The molecular formula is C13H26N2O. The van der Waals surface area contributed by atoms with Gasteiger partial charge in [-0.2, -0.15) is 0 Å². The van der Waals surface area contributed by atoms with E-state index < -0.39 is 0 Å². The van der Waals surface area contributed by atoms with E-state index in [1.54, 1.807) is 7.11 Å². The summed E-state index contributed by atoms with van der Waals surface area (Å²) in [4.78, 5) is 5.13. The van der Waals surface area contributed by atoms with Crippen molar-refractivity contribution in [1.29, 1.82) is 0 Å². The van der Waals surface area contributed by atoms with Crippen molar-refractivity contribution in [2.24, 2.45) is 5.92 Å². The first-order valence-electron chi connectivity index (χ1n) is 6.73. The Balaban J connectivity index is 1.82. The summed E-state index contributed by atoms with van der Waals surface area (Å²) in [5.74, 6) is 0.940. The highest BCUT2D eigenvalue weighted by molar-refractivity contribution is 4.87. The quantitative estimate of drug-likeness (QED) is 0.721. The molecule has 0 aliphatic carbocycles. The van der Waals surface area contributed by atoms with Crippen LogP contribution in [0.2, 0.25) is 0 Å². The fourth-order valence-corrected chi connectivity index (χ4v) is 3.29. The van der Waals surface area contributed by atoms with Gasteiger partial charge < -0.3 is 9.64 Å². The number of hydrogen-bond donors (Lipinski definition) is 0. The maximum atomic E-state index is 5.21. The molecule has 1 atom stereocenters. The number of ether oxygens (including phenoxy) is 1. The van der Waals surface area contributed by atoms with Crippen LogP contribution >= 0.6 is 0 Å². The summed E-state index contributed by atoms with van der Waals surface area (Å²) < 4.78 is 5.21. The number of nitrogens with zero attached hydrogens (tertiary/aromatic N) is 2. The zero-order chi connectivity index (χ0) is 11.4. The Morgan fingerprint density at radius 2 is 1.88 bits per heavy atom. The van der Waals surface area contributed by atoms with Gasteiger partial charge in [0.05, 0.1) is 6.61 Å². The first-order valence-corrected chi connectivity index (χ1v) is 6.73. The van der Waals surface area contributed by atoms with Crippen LogP contribution < -0.4 is 0 Å². The average Bonchev–Trinajstić information content (AvgIpc) is 2.75. The monoisotopic (exact) mass is 226 g/mol. The minimum Gasteiger partial charge on any atom is -0.383 e. The predicted octanol–water partition coefficient (Wildman–Crippen LogP) is 1.44. The summed E-state index contributed by atoms with van der Waals surface area (Å²) in [5.41, 5.74) is 0. The van der Waals surface area contributed by atoms with E-state index in [9.17, 15) is 0 Å². The maximum absolute atomic E-state index is 5.21. The minimum absolute atomic E-state index is 0.851. The van der Waals surface area contributed by atoms with Crippen LogP contribution in [0.15, 0.2) is 0 Å².